The molecule has 1 aromatic rings. The standard InChI is InChI=1S/C14H21ClN2/c1-11-13(5-4-6-14(11)15)12(9-16)10-17-7-2-3-8-17/h4-6,12H,2-3,7-10,16H2,1H3. The van der Waals surface area contributed by atoms with Crippen LogP contribution in [0.5, 0.6) is 0 Å². The zero-order chi connectivity index (χ0) is 12.3. The van der Waals surface area contributed by atoms with Gasteiger partial charge >= 0.3 is 0 Å². The van der Waals surface area contributed by atoms with Gasteiger partial charge in [-0.25, -0.2) is 0 Å². The van der Waals surface area contributed by atoms with E-state index in [1.165, 1.54) is 37.1 Å². The fraction of sp³-hybridized carbons (Fsp3) is 0.571. The number of nitrogens with two attached hydrogens (primary N) is 1. The van der Waals surface area contributed by atoms with Crippen molar-refractivity contribution < 1.29 is 0 Å². The monoisotopic (exact) mass is 252 g/mol. The fourth-order valence-corrected chi connectivity index (χ4v) is 2.82. The molecule has 94 valence electrons. The number of hydrogen-bond acceptors (Lipinski definition) is 2. The molecule has 0 radical (unpaired) electrons. The second-order valence-electron chi connectivity index (χ2n) is 4.89. The van der Waals surface area contributed by atoms with Crippen LogP contribution in [0.1, 0.15) is 29.9 Å². The van der Waals surface area contributed by atoms with Crippen molar-refractivity contribution in [1.29, 1.82) is 0 Å². The normalized spacial score (nSPS) is 18.5. The van der Waals surface area contributed by atoms with Gasteiger partial charge in [0.15, 0.2) is 0 Å². The molecule has 2 rings (SSSR count). The van der Waals surface area contributed by atoms with E-state index in [1.807, 2.05) is 12.1 Å². The van der Waals surface area contributed by atoms with Gasteiger partial charge in [0, 0.05) is 24.0 Å². The first-order valence-electron chi connectivity index (χ1n) is 6.40. The molecular weight excluding hydrogens is 232 g/mol. The zero-order valence-electron chi connectivity index (χ0n) is 10.5. The smallest absolute Gasteiger partial charge is 0.0438 e. The summed E-state index contributed by atoms with van der Waals surface area (Å²) in [6.45, 7) is 6.28. The van der Waals surface area contributed by atoms with Crippen molar-refractivity contribution in [3.8, 4) is 0 Å². The lowest BCUT2D eigenvalue weighted by molar-refractivity contribution is 0.315. The summed E-state index contributed by atoms with van der Waals surface area (Å²) in [5, 5.41) is 0.849. The second kappa shape index (κ2) is 5.85. The van der Waals surface area contributed by atoms with Crippen LogP contribution in [0.3, 0.4) is 0 Å². The molecule has 0 amide bonds. The quantitative estimate of drug-likeness (QED) is 0.893. The molecule has 0 aliphatic carbocycles. The van der Waals surface area contributed by atoms with Crippen LogP contribution >= 0.6 is 11.6 Å². The van der Waals surface area contributed by atoms with E-state index in [2.05, 4.69) is 17.9 Å². The molecule has 1 aliphatic rings. The first-order valence-corrected chi connectivity index (χ1v) is 6.77. The van der Waals surface area contributed by atoms with Gasteiger partial charge in [0.2, 0.25) is 0 Å². The minimum absolute atomic E-state index is 0.409. The maximum Gasteiger partial charge on any atom is 0.0438 e. The van der Waals surface area contributed by atoms with E-state index in [4.69, 9.17) is 17.3 Å². The highest BCUT2D eigenvalue weighted by Crippen LogP contribution is 2.26. The molecule has 1 heterocycles. The number of nitrogens with zero attached hydrogens (tertiary/aromatic N) is 1. The Hall–Kier alpha value is -0.570. The Bertz CT molecular complexity index is 372. The molecule has 1 fully saturated rings. The zero-order valence-corrected chi connectivity index (χ0v) is 11.2. The van der Waals surface area contributed by atoms with Crippen molar-refractivity contribution in [2.24, 2.45) is 5.73 Å². The molecule has 0 saturated carbocycles. The lowest BCUT2D eigenvalue weighted by Crippen LogP contribution is -2.29. The van der Waals surface area contributed by atoms with E-state index in [-0.39, 0.29) is 0 Å². The van der Waals surface area contributed by atoms with Gasteiger partial charge in [-0.1, -0.05) is 23.7 Å². The average Bonchev–Trinajstić information content (AvgIpc) is 2.83. The van der Waals surface area contributed by atoms with Crippen LogP contribution in [0, 0.1) is 6.92 Å². The van der Waals surface area contributed by atoms with Crippen LogP contribution in [-0.2, 0) is 0 Å². The summed E-state index contributed by atoms with van der Waals surface area (Å²) < 4.78 is 0. The Balaban J connectivity index is 2.13. The molecule has 1 atom stereocenters. The van der Waals surface area contributed by atoms with Gasteiger partial charge in [-0.3, -0.25) is 0 Å². The number of benzene rings is 1. The van der Waals surface area contributed by atoms with Gasteiger partial charge in [0.25, 0.3) is 0 Å². The molecule has 3 heteroatoms. The van der Waals surface area contributed by atoms with E-state index in [0.29, 0.717) is 12.5 Å². The SMILES string of the molecule is Cc1c(Cl)cccc1C(CN)CN1CCCC1. The summed E-state index contributed by atoms with van der Waals surface area (Å²) in [6, 6.07) is 6.13. The van der Waals surface area contributed by atoms with E-state index >= 15 is 0 Å². The molecule has 1 aliphatic heterocycles. The Morgan fingerprint density at radius 2 is 2.06 bits per heavy atom. The summed E-state index contributed by atoms with van der Waals surface area (Å²) in [6.07, 6.45) is 2.65. The van der Waals surface area contributed by atoms with Crippen molar-refractivity contribution >= 4 is 11.6 Å². The molecule has 17 heavy (non-hydrogen) atoms. The molecule has 0 bridgehead atoms. The topological polar surface area (TPSA) is 29.3 Å². The van der Waals surface area contributed by atoms with Crippen molar-refractivity contribution in [3.63, 3.8) is 0 Å². The van der Waals surface area contributed by atoms with Crippen molar-refractivity contribution in [3.05, 3.63) is 34.3 Å². The Morgan fingerprint density at radius 1 is 1.35 bits per heavy atom. The Morgan fingerprint density at radius 3 is 2.71 bits per heavy atom. The highest BCUT2D eigenvalue weighted by Gasteiger charge is 2.19. The number of hydrogen-bond donors (Lipinski definition) is 1. The summed E-state index contributed by atoms with van der Waals surface area (Å²) in [5.74, 6) is 0.409. The molecule has 0 aromatic heterocycles. The van der Waals surface area contributed by atoms with Crippen LogP contribution in [0.15, 0.2) is 18.2 Å². The van der Waals surface area contributed by atoms with Crippen molar-refractivity contribution in [1.82, 2.24) is 4.90 Å². The third-order valence-electron chi connectivity index (χ3n) is 3.71. The van der Waals surface area contributed by atoms with E-state index in [1.54, 1.807) is 0 Å². The highest BCUT2D eigenvalue weighted by atomic mass is 35.5. The predicted molar refractivity (Wildman–Crippen MR) is 73.7 cm³/mol. The lowest BCUT2D eigenvalue weighted by Gasteiger charge is -2.24. The van der Waals surface area contributed by atoms with Crippen molar-refractivity contribution in [2.75, 3.05) is 26.2 Å². The maximum atomic E-state index is 6.18. The van der Waals surface area contributed by atoms with Crippen LogP contribution in [0.25, 0.3) is 0 Å². The third-order valence-corrected chi connectivity index (χ3v) is 4.12. The Kier molecular flexibility index (Phi) is 4.43. The molecule has 2 nitrogen and oxygen atoms in total. The van der Waals surface area contributed by atoms with Crippen LogP contribution in [-0.4, -0.2) is 31.1 Å². The van der Waals surface area contributed by atoms with E-state index in [0.717, 1.165) is 11.6 Å². The lowest BCUT2D eigenvalue weighted by atomic mass is 9.94. The maximum absolute atomic E-state index is 6.18. The summed E-state index contributed by atoms with van der Waals surface area (Å²) in [5.41, 5.74) is 8.43. The predicted octanol–water partition coefficient (Wildman–Crippen LogP) is 2.79. The first kappa shape index (κ1) is 12.9. The minimum atomic E-state index is 0.409. The highest BCUT2D eigenvalue weighted by molar-refractivity contribution is 6.31. The molecular formula is C14H21ClN2. The van der Waals surface area contributed by atoms with Crippen LogP contribution in [0.4, 0.5) is 0 Å². The number of halogens is 1. The first-order chi connectivity index (χ1) is 8.22. The molecule has 2 N–H and O–H groups in total. The second-order valence-corrected chi connectivity index (χ2v) is 5.30. The molecule has 0 spiro atoms. The van der Waals surface area contributed by atoms with Crippen molar-refractivity contribution in [2.45, 2.75) is 25.7 Å². The van der Waals surface area contributed by atoms with Crippen LogP contribution < -0.4 is 5.73 Å². The van der Waals surface area contributed by atoms with Gasteiger partial charge in [-0.15, -0.1) is 0 Å². The molecule has 1 aromatic carbocycles. The molecule has 1 unspecified atom stereocenters. The van der Waals surface area contributed by atoms with Gasteiger partial charge < -0.3 is 10.6 Å². The fourth-order valence-electron chi connectivity index (χ4n) is 2.64. The van der Waals surface area contributed by atoms with Gasteiger partial charge in [-0.05, 0) is 50.0 Å². The average molecular weight is 253 g/mol. The third kappa shape index (κ3) is 3.01. The summed E-state index contributed by atoms with van der Waals surface area (Å²) in [4.78, 5) is 2.51. The van der Waals surface area contributed by atoms with E-state index in [9.17, 15) is 0 Å². The van der Waals surface area contributed by atoms with Gasteiger partial charge in [0.05, 0.1) is 0 Å². The molecule has 1 saturated heterocycles. The summed E-state index contributed by atoms with van der Waals surface area (Å²) >= 11 is 6.18. The largest absolute Gasteiger partial charge is 0.330 e. The van der Waals surface area contributed by atoms with Gasteiger partial charge in [-0.2, -0.15) is 0 Å². The number of likely N-dealkylation sites (tertiary alicyclic amines) is 1. The minimum Gasteiger partial charge on any atom is -0.330 e. The van der Waals surface area contributed by atoms with Gasteiger partial charge in [0.1, 0.15) is 0 Å². The Labute approximate surface area is 109 Å². The summed E-state index contributed by atoms with van der Waals surface area (Å²) in [7, 11) is 0. The van der Waals surface area contributed by atoms with Crippen LogP contribution in [0.2, 0.25) is 5.02 Å². The van der Waals surface area contributed by atoms with E-state index < -0.39 is 0 Å². The number of rotatable bonds is 4.